The van der Waals surface area contributed by atoms with E-state index < -0.39 is 0 Å². The van der Waals surface area contributed by atoms with Gasteiger partial charge >= 0.3 is 0 Å². The van der Waals surface area contributed by atoms with E-state index in [2.05, 4.69) is 15.5 Å². The zero-order valence-corrected chi connectivity index (χ0v) is 15.0. The minimum atomic E-state index is 0.211. The lowest BCUT2D eigenvalue weighted by molar-refractivity contribution is -0.117. The van der Waals surface area contributed by atoms with Crippen molar-refractivity contribution in [2.75, 3.05) is 6.54 Å². The number of Topliss-reactive ketones (excluding diaryl/α,β-unsaturated/α-hetero) is 1. The van der Waals surface area contributed by atoms with Crippen LogP contribution in [0.2, 0.25) is 0 Å². The molecule has 0 aromatic heterocycles. The van der Waals surface area contributed by atoms with Gasteiger partial charge in [-0.2, -0.15) is 10.2 Å². The summed E-state index contributed by atoms with van der Waals surface area (Å²) in [5.74, 6) is 0.877. The summed E-state index contributed by atoms with van der Waals surface area (Å²) in [7, 11) is 0. The lowest BCUT2D eigenvalue weighted by Crippen LogP contribution is -2.35. The highest BCUT2D eigenvalue weighted by molar-refractivity contribution is 6.41. The Hall–Kier alpha value is -1.03. The molecule has 4 heteroatoms. The molecule has 134 valence electrons. The lowest BCUT2D eigenvalue weighted by Gasteiger charge is -2.26. The van der Waals surface area contributed by atoms with Crippen molar-refractivity contribution in [3.63, 3.8) is 0 Å². The van der Waals surface area contributed by atoms with E-state index in [1.54, 1.807) is 0 Å². The Labute approximate surface area is 146 Å². The quantitative estimate of drug-likeness (QED) is 0.603. The topological polar surface area (TPSA) is 53.8 Å². The van der Waals surface area contributed by atoms with Crippen molar-refractivity contribution in [1.29, 1.82) is 0 Å². The van der Waals surface area contributed by atoms with Crippen LogP contribution >= 0.6 is 0 Å². The van der Waals surface area contributed by atoms with Gasteiger partial charge in [-0.05, 0) is 45.1 Å². The Bertz CT molecular complexity index is 454. The van der Waals surface area contributed by atoms with Gasteiger partial charge in [0.05, 0.1) is 0 Å². The van der Waals surface area contributed by atoms with Crippen LogP contribution in [-0.2, 0) is 4.79 Å². The van der Waals surface area contributed by atoms with Crippen LogP contribution in [-0.4, -0.2) is 30.3 Å². The first-order valence-electron chi connectivity index (χ1n) is 10.2. The summed E-state index contributed by atoms with van der Waals surface area (Å²) in [5, 5.41) is 12.3. The maximum Gasteiger partial charge on any atom is 0.182 e. The highest BCUT2D eigenvalue weighted by Crippen LogP contribution is 2.30. The van der Waals surface area contributed by atoms with Gasteiger partial charge in [0.2, 0.25) is 0 Å². The summed E-state index contributed by atoms with van der Waals surface area (Å²) < 4.78 is 0. The Morgan fingerprint density at radius 3 is 2.04 bits per heavy atom. The summed E-state index contributed by atoms with van der Waals surface area (Å²) in [6.07, 6.45) is 17.4. The highest BCUT2D eigenvalue weighted by atomic mass is 16.1. The number of ketones is 1. The van der Waals surface area contributed by atoms with Gasteiger partial charge in [-0.25, -0.2) is 0 Å². The van der Waals surface area contributed by atoms with Crippen LogP contribution in [0.5, 0.6) is 0 Å². The molecule has 3 rings (SSSR count). The number of carbonyl (C=O) groups excluding carboxylic acids is 1. The third-order valence-electron chi connectivity index (χ3n) is 5.98. The first kappa shape index (κ1) is 17.8. The van der Waals surface area contributed by atoms with Crippen molar-refractivity contribution in [2.45, 2.75) is 89.5 Å². The molecule has 2 aliphatic carbocycles. The van der Waals surface area contributed by atoms with Crippen LogP contribution in [0.1, 0.15) is 83.5 Å². The molecule has 3 aliphatic rings. The Morgan fingerprint density at radius 2 is 1.42 bits per heavy atom. The van der Waals surface area contributed by atoms with E-state index in [0.717, 1.165) is 44.4 Å². The van der Waals surface area contributed by atoms with Crippen LogP contribution in [0.3, 0.4) is 0 Å². The van der Waals surface area contributed by atoms with Gasteiger partial charge in [0.1, 0.15) is 5.71 Å². The maximum atomic E-state index is 13.1. The molecule has 1 saturated heterocycles. The standard InChI is InChI=1S/C20H33N3O/c24-20(17-11-5-2-6-12-17)19(16-9-3-1-4-10-16)23-22-15-18-13-7-8-14-21-18/h15-18,21H,1-14H2. The smallest absolute Gasteiger partial charge is 0.182 e. The summed E-state index contributed by atoms with van der Waals surface area (Å²) >= 11 is 0. The molecule has 0 amide bonds. The van der Waals surface area contributed by atoms with Crippen molar-refractivity contribution in [3.8, 4) is 0 Å². The molecule has 1 N–H and O–H groups in total. The molecule has 0 aromatic carbocycles. The van der Waals surface area contributed by atoms with Crippen molar-refractivity contribution < 1.29 is 4.79 Å². The van der Waals surface area contributed by atoms with Crippen molar-refractivity contribution in [2.24, 2.45) is 22.0 Å². The molecule has 0 aromatic rings. The number of carbonyl (C=O) groups is 1. The second-order valence-electron chi connectivity index (χ2n) is 7.84. The minimum absolute atomic E-state index is 0.211. The average molecular weight is 332 g/mol. The maximum absolute atomic E-state index is 13.1. The van der Waals surface area contributed by atoms with Gasteiger partial charge in [-0.1, -0.05) is 44.9 Å². The van der Waals surface area contributed by atoms with E-state index in [9.17, 15) is 4.79 Å². The Morgan fingerprint density at radius 1 is 0.792 bits per heavy atom. The molecule has 0 radical (unpaired) electrons. The van der Waals surface area contributed by atoms with E-state index in [-0.39, 0.29) is 5.92 Å². The van der Waals surface area contributed by atoms with E-state index in [0.29, 0.717) is 17.7 Å². The number of rotatable bonds is 5. The second kappa shape index (κ2) is 9.45. The van der Waals surface area contributed by atoms with E-state index >= 15 is 0 Å². The third-order valence-corrected chi connectivity index (χ3v) is 5.98. The second-order valence-corrected chi connectivity index (χ2v) is 7.84. The van der Waals surface area contributed by atoms with Crippen molar-refractivity contribution >= 4 is 17.7 Å². The van der Waals surface area contributed by atoms with Crippen LogP contribution in [0.25, 0.3) is 0 Å². The largest absolute Gasteiger partial charge is 0.309 e. The normalized spacial score (nSPS) is 28.3. The summed E-state index contributed by atoms with van der Waals surface area (Å²) in [6, 6.07) is 0.333. The van der Waals surface area contributed by atoms with Gasteiger partial charge in [-0.15, -0.1) is 0 Å². The SMILES string of the molecule is O=C(C(=NN=CC1CCCCN1)C1CCCCC1)C1CCCCC1. The van der Waals surface area contributed by atoms with E-state index in [4.69, 9.17) is 0 Å². The predicted molar refractivity (Wildman–Crippen MR) is 99.7 cm³/mol. The third kappa shape index (κ3) is 4.98. The average Bonchev–Trinajstić information content (AvgIpc) is 2.67. The van der Waals surface area contributed by atoms with Gasteiger partial charge in [0.25, 0.3) is 0 Å². The lowest BCUT2D eigenvalue weighted by atomic mass is 9.78. The highest BCUT2D eigenvalue weighted by Gasteiger charge is 2.31. The first-order valence-corrected chi connectivity index (χ1v) is 10.2. The molecule has 1 heterocycles. The molecule has 1 aliphatic heterocycles. The van der Waals surface area contributed by atoms with Gasteiger partial charge in [0.15, 0.2) is 5.78 Å². The molecular formula is C20H33N3O. The minimum Gasteiger partial charge on any atom is -0.309 e. The zero-order chi connectivity index (χ0) is 16.6. The number of nitrogens with one attached hydrogen (secondary N) is 1. The molecule has 1 unspecified atom stereocenters. The Balaban J connectivity index is 1.69. The first-order chi connectivity index (χ1) is 11.8. The molecule has 0 bridgehead atoms. The van der Waals surface area contributed by atoms with Crippen LogP contribution < -0.4 is 5.32 Å². The Kier molecular flexibility index (Phi) is 7.00. The monoisotopic (exact) mass is 331 g/mol. The van der Waals surface area contributed by atoms with Crippen LogP contribution in [0.4, 0.5) is 0 Å². The summed E-state index contributed by atoms with van der Waals surface area (Å²) in [5.41, 5.74) is 0.800. The summed E-state index contributed by atoms with van der Waals surface area (Å²) in [4.78, 5) is 13.1. The van der Waals surface area contributed by atoms with Gasteiger partial charge < -0.3 is 5.32 Å². The molecule has 0 spiro atoms. The van der Waals surface area contributed by atoms with E-state index in [1.165, 1.54) is 51.4 Å². The van der Waals surface area contributed by atoms with Crippen molar-refractivity contribution in [1.82, 2.24) is 5.32 Å². The fourth-order valence-electron chi connectivity index (χ4n) is 4.46. The molecule has 4 nitrogen and oxygen atoms in total. The van der Waals surface area contributed by atoms with E-state index in [1.807, 2.05) is 6.21 Å². The molecular weight excluding hydrogens is 298 g/mol. The van der Waals surface area contributed by atoms with Crippen molar-refractivity contribution in [3.05, 3.63) is 0 Å². The zero-order valence-electron chi connectivity index (χ0n) is 15.0. The van der Waals surface area contributed by atoms with Crippen LogP contribution in [0, 0.1) is 11.8 Å². The molecule has 2 saturated carbocycles. The number of nitrogens with zero attached hydrogens (tertiary/aromatic N) is 2. The molecule has 24 heavy (non-hydrogen) atoms. The molecule has 1 atom stereocenters. The number of hydrogen-bond donors (Lipinski definition) is 1. The fraction of sp³-hybridized carbons (Fsp3) is 0.850. The van der Waals surface area contributed by atoms with Crippen LogP contribution in [0.15, 0.2) is 10.2 Å². The summed E-state index contributed by atoms with van der Waals surface area (Å²) in [6.45, 7) is 1.07. The van der Waals surface area contributed by atoms with Gasteiger partial charge in [-0.3, -0.25) is 4.79 Å². The fourth-order valence-corrected chi connectivity index (χ4v) is 4.46. The van der Waals surface area contributed by atoms with Gasteiger partial charge in [0, 0.05) is 24.1 Å². The predicted octanol–water partition coefficient (Wildman–Crippen LogP) is 4.29. The molecule has 3 fully saturated rings. The number of piperidine rings is 1. The number of hydrogen-bond acceptors (Lipinski definition) is 4.